The molecule has 1 saturated heterocycles. The maximum absolute atomic E-state index is 11.4. The molecule has 0 radical (unpaired) electrons. The number of ether oxygens (including phenoxy) is 1. The first-order valence-electron chi connectivity index (χ1n) is 8.05. The zero-order chi connectivity index (χ0) is 16.4. The minimum Gasteiger partial charge on any atom is -0.750 e. The first kappa shape index (κ1) is 19.7. The van der Waals surface area contributed by atoms with Crippen LogP contribution in [0.15, 0.2) is 0 Å². The van der Waals surface area contributed by atoms with E-state index in [-0.39, 0.29) is 12.4 Å². The van der Waals surface area contributed by atoms with Crippen molar-refractivity contribution in [3.05, 3.63) is 0 Å². The van der Waals surface area contributed by atoms with E-state index in [0.717, 1.165) is 52.0 Å². The van der Waals surface area contributed by atoms with Crippen LogP contribution in [-0.4, -0.2) is 58.4 Å². The zero-order valence-corrected chi connectivity index (χ0v) is 14.4. The Morgan fingerprint density at radius 2 is 2.00 bits per heavy atom. The summed E-state index contributed by atoms with van der Waals surface area (Å²) in [5, 5.41) is 0. The average molecular weight is 334 g/mol. The van der Waals surface area contributed by atoms with Gasteiger partial charge < -0.3 is 9.29 Å². The minimum absolute atomic E-state index is 0.156. The molecule has 0 aromatic rings. The van der Waals surface area contributed by atoms with Gasteiger partial charge in [0.15, 0.2) is 5.78 Å². The fourth-order valence-electron chi connectivity index (χ4n) is 2.82. The lowest BCUT2D eigenvalue weighted by atomic mass is 9.96. The van der Waals surface area contributed by atoms with Gasteiger partial charge in [-0.1, -0.05) is 20.3 Å². The summed E-state index contributed by atoms with van der Waals surface area (Å²) in [5.41, 5.74) is 0. The molecule has 22 heavy (non-hydrogen) atoms. The smallest absolute Gasteiger partial charge is 0.159 e. The first-order valence-corrected chi connectivity index (χ1v) is 9.05. The molecule has 6 nitrogen and oxygen atoms in total. The Labute approximate surface area is 136 Å². The predicted molar refractivity (Wildman–Crippen MR) is 84.0 cm³/mol. The van der Waals surface area contributed by atoms with Crippen LogP contribution in [0.1, 0.15) is 46.0 Å². The summed E-state index contributed by atoms with van der Waals surface area (Å²) >= 11 is -2.60. The number of morpholine rings is 1. The second kappa shape index (κ2) is 11.2. The molecular weight excluding hydrogens is 306 g/mol. The molecule has 1 rings (SSSR count). The number of unbranched alkanes of at least 4 members (excludes halogenated alkanes) is 1. The molecule has 0 amide bonds. The Kier molecular flexibility index (Phi) is 10.1. The van der Waals surface area contributed by atoms with Gasteiger partial charge >= 0.3 is 0 Å². The fourth-order valence-corrected chi connectivity index (χ4v) is 3.05. The van der Waals surface area contributed by atoms with E-state index in [2.05, 4.69) is 22.9 Å². The third-order valence-electron chi connectivity index (χ3n) is 3.86. The Balaban J connectivity index is 2.24. The number of carbonyl (C=O) groups excluding carboxylic acids is 1. The second-order valence-corrected chi connectivity index (χ2v) is 6.83. The maximum Gasteiger partial charge on any atom is 0.159 e. The largest absolute Gasteiger partial charge is 0.750 e. The van der Waals surface area contributed by atoms with Crippen molar-refractivity contribution in [2.45, 2.75) is 52.0 Å². The number of ketones is 1. The van der Waals surface area contributed by atoms with Gasteiger partial charge in [-0.15, -0.1) is 0 Å². The van der Waals surface area contributed by atoms with Crippen LogP contribution >= 0.6 is 0 Å². The molecule has 2 atom stereocenters. The molecule has 1 fully saturated rings. The van der Waals surface area contributed by atoms with Gasteiger partial charge in [0.05, 0.1) is 24.6 Å². The molecule has 1 heterocycles. The highest BCUT2D eigenvalue weighted by molar-refractivity contribution is 7.74. The SMILES string of the molecule is CC(C)CC(CCCCC(=O)COS(=O)[O-])N1CCOCC1. The van der Waals surface area contributed by atoms with Gasteiger partial charge in [-0.3, -0.25) is 13.9 Å². The van der Waals surface area contributed by atoms with E-state index in [4.69, 9.17) is 4.74 Å². The summed E-state index contributed by atoms with van der Waals surface area (Å²) in [5.74, 6) is 0.492. The topological polar surface area (TPSA) is 78.9 Å². The summed E-state index contributed by atoms with van der Waals surface area (Å²) in [6, 6.07) is 0.546. The van der Waals surface area contributed by atoms with E-state index < -0.39 is 11.4 Å². The van der Waals surface area contributed by atoms with Gasteiger partial charge in [0.2, 0.25) is 0 Å². The van der Waals surface area contributed by atoms with E-state index >= 15 is 0 Å². The molecule has 130 valence electrons. The maximum atomic E-state index is 11.4. The Bertz CT molecular complexity index is 345. The normalized spacial score (nSPS) is 19.3. The molecule has 0 bridgehead atoms. The molecule has 1 aliphatic heterocycles. The Morgan fingerprint density at radius 3 is 2.59 bits per heavy atom. The Hall–Kier alpha value is -0.340. The molecule has 0 aromatic heterocycles. The van der Waals surface area contributed by atoms with Gasteiger partial charge in [-0.2, -0.15) is 0 Å². The lowest BCUT2D eigenvalue weighted by molar-refractivity contribution is -0.121. The molecule has 0 saturated carbocycles. The quantitative estimate of drug-likeness (QED) is 0.422. The van der Waals surface area contributed by atoms with Crippen LogP contribution in [0.4, 0.5) is 0 Å². The van der Waals surface area contributed by atoms with Crippen LogP contribution in [0.2, 0.25) is 0 Å². The van der Waals surface area contributed by atoms with Crippen molar-refractivity contribution in [3.8, 4) is 0 Å². The minimum atomic E-state index is -2.60. The molecule has 2 unspecified atom stereocenters. The molecule has 0 aliphatic carbocycles. The monoisotopic (exact) mass is 334 g/mol. The van der Waals surface area contributed by atoms with Gasteiger partial charge in [0.1, 0.15) is 6.61 Å². The molecule has 0 N–H and O–H groups in total. The van der Waals surface area contributed by atoms with Crippen molar-refractivity contribution in [2.75, 3.05) is 32.9 Å². The highest BCUT2D eigenvalue weighted by Crippen LogP contribution is 2.19. The van der Waals surface area contributed by atoms with E-state index in [9.17, 15) is 13.6 Å². The van der Waals surface area contributed by atoms with Gasteiger partial charge in [0, 0.05) is 25.6 Å². The van der Waals surface area contributed by atoms with Crippen molar-refractivity contribution in [3.63, 3.8) is 0 Å². The number of hydrogen-bond acceptors (Lipinski definition) is 6. The summed E-state index contributed by atoms with van der Waals surface area (Å²) in [7, 11) is 0. The summed E-state index contributed by atoms with van der Waals surface area (Å²) in [6.07, 6.45) is 4.37. The highest BCUT2D eigenvalue weighted by Gasteiger charge is 2.21. The van der Waals surface area contributed by atoms with Crippen LogP contribution in [0.25, 0.3) is 0 Å². The van der Waals surface area contributed by atoms with Crippen LogP contribution in [0, 0.1) is 5.92 Å². The highest BCUT2D eigenvalue weighted by atomic mass is 32.2. The molecule has 7 heteroatoms. The van der Waals surface area contributed by atoms with Crippen LogP contribution in [-0.2, 0) is 25.1 Å². The van der Waals surface area contributed by atoms with E-state index in [1.807, 2.05) is 0 Å². The zero-order valence-electron chi connectivity index (χ0n) is 13.6. The van der Waals surface area contributed by atoms with E-state index in [1.165, 1.54) is 0 Å². The average Bonchev–Trinajstić information content (AvgIpc) is 2.48. The molecular formula is C15H28NO5S-. The summed E-state index contributed by atoms with van der Waals surface area (Å²) in [6.45, 7) is 7.70. The van der Waals surface area contributed by atoms with Crippen molar-refractivity contribution in [2.24, 2.45) is 5.92 Å². The van der Waals surface area contributed by atoms with E-state index in [0.29, 0.717) is 18.4 Å². The summed E-state index contributed by atoms with van der Waals surface area (Å²) < 4.78 is 30.1. The van der Waals surface area contributed by atoms with Crippen molar-refractivity contribution >= 4 is 17.1 Å². The standard InChI is InChI=1S/C15H29NO5S/c1-13(2)11-14(16-7-9-20-10-8-16)5-3-4-6-15(17)12-21-22(18)19/h13-14H,3-12H2,1-2H3,(H,18,19)/p-1. The lowest BCUT2D eigenvalue weighted by Gasteiger charge is -2.35. The number of hydrogen-bond donors (Lipinski definition) is 0. The van der Waals surface area contributed by atoms with Crippen molar-refractivity contribution < 1.29 is 22.5 Å². The second-order valence-electron chi connectivity index (χ2n) is 6.18. The number of carbonyl (C=O) groups is 1. The number of Topliss-reactive ketones (excluding diaryl/α,β-unsaturated/α-hetero) is 1. The van der Waals surface area contributed by atoms with Gasteiger partial charge in [0.25, 0.3) is 0 Å². The lowest BCUT2D eigenvalue weighted by Crippen LogP contribution is -2.44. The molecule has 0 aromatic carbocycles. The summed E-state index contributed by atoms with van der Waals surface area (Å²) in [4.78, 5) is 13.9. The van der Waals surface area contributed by atoms with Gasteiger partial charge in [-0.05, 0) is 25.2 Å². The molecule has 1 aliphatic rings. The van der Waals surface area contributed by atoms with E-state index in [1.54, 1.807) is 0 Å². The van der Waals surface area contributed by atoms with Crippen LogP contribution < -0.4 is 0 Å². The number of nitrogens with zero attached hydrogens (tertiary/aromatic N) is 1. The van der Waals surface area contributed by atoms with Crippen LogP contribution in [0.5, 0.6) is 0 Å². The fraction of sp³-hybridized carbons (Fsp3) is 0.933. The van der Waals surface area contributed by atoms with Crippen LogP contribution in [0.3, 0.4) is 0 Å². The van der Waals surface area contributed by atoms with Crippen molar-refractivity contribution in [1.82, 2.24) is 4.90 Å². The third kappa shape index (κ3) is 8.95. The predicted octanol–water partition coefficient (Wildman–Crippen LogP) is 1.67. The number of rotatable bonds is 11. The molecule has 0 spiro atoms. The van der Waals surface area contributed by atoms with Gasteiger partial charge in [-0.25, -0.2) is 4.21 Å². The Morgan fingerprint density at radius 1 is 1.32 bits per heavy atom. The van der Waals surface area contributed by atoms with Crippen molar-refractivity contribution in [1.29, 1.82) is 0 Å². The first-order chi connectivity index (χ1) is 10.5. The third-order valence-corrected chi connectivity index (χ3v) is 4.17.